The van der Waals surface area contributed by atoms with Gasteiger partial charge in [-0.15, -0.1) is 10.2 Å². The summed E-state index contributed by atoms with van der Waals surface area (Å²) in [5, 5.41) is 8.86. The first-order chi connectivity index (χ1) is 19.5. The molecular formula is C32H32FN5O2. The van der Waals surface area contributed by atoms with Crippen LogP contribution in [0.2, 0.25) is 0 Å². The van der Waals surface area contributed by atoms with Crippen LogP contribution in [-0.2, 0) is 4.79 Å². The normalized spacial score (nSPS) is 14.3. The maximum Gasteiger partial charge on any atom is 0.254 e. The molecule has 7 nitrogen and oxygen atoms in total. The summed E-state index contributed by atoms with van der Waals surface area (Å²) in [6.07, 6.45) is 0.764. The number of hydrogen-bond acceptors (Lipinski definition) is 5. The van der Waals surface area contributed by atoms with E-state index in [1.807, 2.05) is 79.7 Å². The topological polar surface area (TPSA) is 69.6 Å². The molecule has 1 unspecified atom stereocenters. The average Bonchev–Trinajstić information content (AvgIpc) is 3.27. The predicted molar refractivity (Wildman–Crippen MR) is 153 cm³/mol. The molecule has 0 bridgehead atoms. The second kappa shape index (κ2) is 12.5. The summed E-state index contributed by atoms with van der Waals surface area (Å²) in [5.41, 5.74) is 2.94. The van der Waals surface area contributed by atoms with E-state index in [1.54, 1.807) is 11.0 Å². The van der Waals surface area contributed by atoms with Crippen molar-refractivity contribution in [3.05, 3.63) is 114 Å². The third kappa shape index (κ3) is 6.34. The minimum atomic E-state index is -0.489. The predicted octanol–water partition coefficient (Wildman–Crippen LogP) is 5.23. The SMILES string of the molecule is CC(c1ccccc1)N(CC(=O)N1CCCN(c2ccc(-c3ccccc3)nn2)CC1)C(=O)c1cccc(F)c1. The van der Waals surface area contributed by atoms with Gasteiger partial charge < -0.3 is 14.7 Å². The van der Waals surface area contributed by atoms with Crippen molar-refractivity contribution in [2.45, 2.75) is 19.4 Å². The molecule has 1 fully saturated rings. The zero-order valence-corrected chi connectivity index (χ0v) is 22.5. The zero-order valence-electron chi connectivity index (χ0n) is 22.5. The van der Waals surface area contributed by atoms with E-state index in [0.29, 0.717) is 19.6 Å². The summed E-state index contributed by atoms with van der Waals surface area (Å²) in [6, 6.07) is 28.6. The van der Waals surface area contributed by atoms with Crippen molar-refractivity contribution in [1.29, 1.82) is 0 Å². The molecule has 2 heterocycles. The van der Waals surface area contributed by atoms with Crippen molar-refractivity contribution in [3.8, 4) is 11.3 Å². The number of nitrogens with zero attached hydrogens (tertiary/aromatic N) is 5. The number of aromatic nitrogens is 2. The highest BCUT2D eigenvalue weighted by Gasteiger charge is 2.28. The molecule has 4 aromatic rings. The van der Waals surface area contributed by atoms with Crippen LogP contribution >= 0.6 is 0 Å². The van der Waals surface area contributed by atoms with E-state index < -0.39 is 5.82 Å². The van der Waals surface area contributed by atoms with Gasteiger partial charge in [-0.2, -0.15) is 0 Å². The van der Waals surface area contributed by atoms with E-state index in [-0.39, 0.29) is 30.0 Å². The van der Waals surface area contributed by atoms with Crippen molar-refractivity contribution in [3.63, 3.8) is 0 Å². The first kappa shape index (κ1) is 27.0. The molecular weight excluding hydrogens is 505 g/mol. The summed E-state index contributed by atoms with van der Waals surface area (Å²) in [7, 11) is 0. The van der Waals surface area contributed by atoms with E-state index >= 15 is 0 Å². The van der Waals surface area contributed by atoms with Gasteiger partial charge in [0.2, 0.25) is 5.91 Å². The Morgan fingerprint density at radius 1 is 0.850 bits per heavy atom. The van der Waals surface area contributed by atoms with Gasteiger partial charge in [-0.1, -0.05) is 66.7 Å². The highest BCUT2D eigenvalue weighted by atomic mass is 19.1. The van der Waals surface area contributed by atoms with Gasteiger partial charge in [0.05, 0.1) is 11.7 Å². The minimum absolute atomic E-state index is 0.100. The van der Waals surface area contributed by atoms with Crippen molar-refractivity contribution >= 4 is 17.6 Å². The fraction of sp³-hybridized carbons (Fsp3) is 0.250. The van der Waals surface area contributed by atoms with Gasteiger partial charge in [-0.05, 0) is 49.2 Å². The summed E-state index contributed by atoms with van der Waals surface area (Å²) in [6.45, 7) is 4.22. The van der Waals surface area contributed by atoms with Crippen molar-refractivity contribution in [2.24, 2.45) is 0 Å². The third-order valence-electron chi connectivity index (χ3n) is 7.28. The summed E-state index contributed by atoms with van der Waals surface area (Å²) in [4.78, 5) is 32.6. The zero-order chi connectivity index (χ0) is 27.9. The maximum absolute atomic E-state index is 13.9. The Balaban J connectivity index is 1.28. The monoisotopic (exact) mass is 537 g/mol. The molecule has 1 saturated heterocycles. The van der Waals surface area contributed by atoms with Crippen molar-refractivity contribution < 1.29 is 14.0 Å². The number of carbonyl (C=O) groups excluding carboxylic acids is 2. The molecule has 0 radical (unpaired) electrons. The van der Waals surface area contributed by atoms with Crippen molar-refractivity contribution in [1.82, 2.24) is 20.0 Å². The first-order valence-corrected chi connectivity index (χ1v) is 13.5. The molecule has 2 amide bonds. The Labute approximate surface area is 233 Å². The third-order valence-corrected chi connectivity index (χ3v) is 7.28. The molecule has 1 aromatic heterocycles. The number of carbonyl (C=O) groups is 2. The van der Waals surface area contributed by atoms with Crippen LogP contribution in [0.5, 0.6) is 0 Å². The number of benzene rings is 3. The highest BCUT2D eigenvalue weighted by molar-refractivity contribution is 5.96. The highest BCUT2D eigenvalue weighted by Crippen LogP contribution is 2.24. The Hall–Kier alpha value is -4.59. The molecule has 0 spiro atoms. The maximum atomic E-state index is 13.9. The van der Waals surface area contributed by atoms with Gasteiger partial charge in [0.15, 0.2) is 5.82 Å². The fourth-order valence-corrected chi connectivity index (χ4v) is 4.98. The van der Waals surface area contributed by atoms with E-state index in [9.17, 15) is 14.0 Å². The lowest BCUT2D eigenvalue weighted by Gasteiger charge is -2.32. The Morgan fingerprint density at radius 3 is 2.30 bits per heavy atom. The molecule has 204 valence electrons. The number of rotatable bonds is 7. The molecule has 0 N–H and O–H groups in total. The molecule has 3 aromatic carbocycles. The lowest BCUT2D eigenvalue weighted by Crippen LogP contribution is -2.45. The second-order valence-electron chi connectivity index (χ2n) is 9.89. The van der Waals surface area contributed by atoms with Gasteiger partial charge in [0.25, 0.3) is 5.91 Å². The quantitative estimate of drug-likeness (QED) is 0.323. The molecule has 1 aliphatic rings. The van der Waals surface area contributed by atoms with Gasteiger partial charge in [0.1, 0.15) is 12.4 Å². The standard InChI is InChI=1S/C32H32FN5O2/c1-24(25-10-4-2-5-11-25)38(32(40)27-14-8-15-28(33)22-27)23-31(39)37-19-9-18-36(20-21-37)30-17-16-29(34-35-30)26-12-6-3-7-13-26/h2-8,10-17,22,24H,9,18-21,23H2,1H3. The van der Waals surface area contributed by atoms with Crippen LogP contribution in [0.25, 0.3) is 11.3 Å². The van der Waals surface area contributed by atoms with E-state index in [0.717, 1.165) is 35.6 Å². The van der Waals surface area contributed by atoms with Crippen LogP contribution in [0.15, 0.2) is 97.1 Å². The second-order valence-corrected chi connectivity index (χ2v) is 9.89. The van der Waals surface area contributed by atoms with Crippen LogP contribution in [0.4, 0.5) is 10.2 Å². The molecule has 1 atom stereocenters. The Kier molecular flexibility index (Phi) is 8.44. The van der Waals surface area contributed by atoms with Crippen LogP contribution < -0.4 is 4.90 Å². The smallest absolute Gasteiger partial charge is 0.254 e. The van der Waals surface area contributed by atoms with Gasteiger partial charge in [0, 0.05) is 37.3 Å². The fourth-order valence-electron chi connectivity index (χ4n) is 4.98. The summed E-state index contributed by atoms with van der Waals surface area (Å²) >= 11 is 0. The van der Waals surface area contributed by atoms with Crippen LogP contribution in [0, 0.1) is 5.82 Å². The lowest BCUT2D eigenvalue weighted by molar-refractivity contribution is -0.132. The number of anilines is 1. The van der Waals surface area contributed by atoms with E-state index in [2.05, 4.69) is 15.1 Å². The molecule has 40 heavy (non-hydrogen) atoms. The molecule has 0 aliphatic carbocycles. The molecule has 1 aliphatic heterocycles. The Morgan fingerprint density at radius 2 is 1.60 bits per heavy atom. The number of hydrogen-bond donors (Lipinski definition) is 0. The van der Waals surface area contributed by atoms with E-state index in [4.69, 9.17) is 0 Å². The van der Waals surface area contributed by atoms with Gasteiger partial charge in [-0.3, -0.25) is 9.59 Å². The van der Waals surface area contributed by atoms with Crippen LogP contribution in [-0.4, -0.2) is 64.5 Å². The van der Waals surface area contributed by atoms with Crippen LogP contribution in [0.1, 0.15) is 35.3 Å². The molecule has 5 rings (SSSR count). The summed E-state index contributed by atoms with van der Waals surface area (Å²) < 4.78 is 13.9. The van der Waals surface area contributed by atoms with Crippen LogP contribution in [0.3, 0.4) is 0 Å². The number of halogens is 1. The van der Waals surface area contributed by atoms with Crippen molar-refractivity contribution in [2.75, 3.05) is 37.6 Å². The lowest BCUT2D eigenvalue weighted by atomic mass is 10.1. The molecule has 0 saturated carbocycles. The van der Waals surface area contributed by atoms with Gasteiger partial charge >= 0.3 is 0 Å². The average molecular weight is 538 g/mol. The van der Waals surface area contributed by atoms with Gasteiger partial charge in [-0.25, -0.2) is 4.39 Å². The molecule has 8 heteroatoms. The number of amides is 2. The van der Waals surface area contributed by atoms with E-state index in [1.165, 1.54) is 23.1 Å². The first-order valence-electron chi connectivity index (χ1n) is 13.5. The summed E-state index contributed by atoms with van der Waals surface area (Å²) in [5.74, 6) is -0.235. The largest absolute Gasteiger partial charge is 0.353 e. The Bertz CT molecular complexity index is 1430. The minimum Gasteiger partial charge on any atom is -0.353 e.